The molecule has 7 heteroatoms. The predicted molar refractivity (Wildman–Crippen MR) is 79.7 cm³/mol. The Labute approximate surface area is 123 Å². The van der Waals surface area contributed by atoms with Crippen molar-refractivity contribution in [2.75, 3.05) is 0 Å². The Morgan fingerprint density at radius 3 is 3.05 bits per heavy atom. The molecule has 4 aromatic rings. The maximum atomic E-state index is 11.6. The number of aryl methyl sites for hydroxylation is 1. The molecule has 0 aliphatic carbocycles. The van der Waals surface area contributed by atoms with Crippen molar-refractivity contribution in [2.24, 2.45) is 7.05 Å². The number of benzene rings is 1. The molecule has 0 saturated carbocycles. The van der Waals surface area contributed by atoms with E-state index >= 15 is 0 Å². The number of oxazole rings is 1. The lowest BCUT2D eigenvalue weighted by molar-refractivity contribution is 0.528. The van der Waals surface area contributed by atoms with Gasteiger partial charge in [0.25, 0.3) is 0 Å². The number of imidazole rings is 1. The normalized spacial score (nSPS) is 11.3. The molecule has 6 nitrogen and oxygen atoms in total. The lowest BCUT2D eigenvalue weighted by Gasteiger charge is -2.06. The number of aromatic nitrogens is 4. The van der Waals surface area contributed by atoms with Gasteiger partial charge in [-0.25, -0.2) is 14.2 Å². The highest BCUT2D eigenvalue weighted by molar-refractivity contribution is 7.03. The summed E-state index contributed by atoms with van der Waals surface area (Å²) in [5, 5.41) is 1.94. The fraction of sp³-hybridized carbons (Fsp3) is 0.0714. The van der Waals surface area contributed by atoms with Crippen LogP contribution in [0.25, 0.3) is 28.2 Å². The van der Waals surface area contributed by atoms with Gasteiger partial charge in [-0.05, 0) is 23.7 Å². The third-order valence-electron chi connectivity index (χ3n) is 3.39. The van der Waals surface area contributed by atoms with Gasteiger partial charge in [0, 0.05) is 36.5 Å². The maximum absolute atomic E-state index is 11.6. The van der Waals surface area contributed by atoms with Crippen LogP contribution in [-0.4, -0.2) is 18.5 Å². The second-order valence-electron chi connectivity index (χ2n) is 4.61. The highest BCUT2D eigenvalue weighted by atomic mass is 32.1. The van der Waals surface area contributed by atoms with Crippen LogP contribution in [0.2, 0.25) is 0 Å². The summed E-state index contributed by atoms with van der Waals surface area (Å²) in [5.74, 6) is 0.441. The van der Waals surface area contributed by atoms with E-state index in [1.54, 1.807) is 19.4 Å². The van der Waals surface area contributed by atoms with E-state index in [-0.39, 0.29) is 5.76 Å². The van der Waals surface area contributed by atoms with Gasteiger partial charge in [-0.2, -0.15) is 0 Å². The highest BCUT2D eigenvalue weighted by Gasteiger charge is 2.11. The zero-order valence-corrected chi connectivity index (χ0v) is 11.9. The van der Waals surface area contributed by atoms with Crippen LogP contribution in [0, 0.1) is 0 Å². The molecule has 0 atom stereocenters. The van der Waals surface area contributed by atoms with Gasteiger partial charge in [-0.15, -0.1) is 0 Å². The van der Waals surface area contributed by atoms with Gasteiger partial charge >= 0.3 is 5.76 Å². The van der Waals surface area contributed by atoms with E-state index < -0.39 is 0 Å². The molecule has 0 radical (unpaired) electrons. The van der Waals surface area contributed by atoms with Crippen LogP contribution < -0.4 is 5.76 Å². The minimum atomic E-state index is -0.366. The summed E-state index contributed by atoms with van der Waals surface area (Å²) >= 11 is 1.38. The SMILES string of the molecule is Cn1c(=O)oc2cc(-n3ccnc3-c3cnsc3)ccc21. The molecule has 0 fully saturated rings. The third kappa shape index (κ3) is 1.82. The first-order chi connectivity index (χ1) is 10.2. The average Bonchev–Trinajstić information content (AvgIpc) is 3.20. The Hall–Kier alpha value is -2.67. The molecule has 0 aliphatic heterocycles. The third-order valence-corrected chi connectivity index (χ3v) is 3.97. The lowest BCUT2D eigenvalue weighted by Crippen LogP contribution is -2.08. The summed E-state index contributed by atoms with van der Waals surface area (Å²) in [6, 6.07) is 5.63. The molecule has 3 aromatic heterocycles. The standard InChI is InChI=1S/C14H10N4O2S/c1-17-11-3-2-10(6-12(11)20-14(17)19)18-5-4-15-13(18)9-7-16-21-8-9/h2-8H,1H3. The average molecular weight is 298 g/mol. The monoisotopic (exact) mass is 298 g/mol. The largest absolute Gasteiger partial charge is 0.419 e. The molecular weight excluding hydrogens is 288 g/mol. The summed E-state index contributed by atoms with van der Waals surface area (Å²) in [6.07, 6.45) is 5.39. The molecule has 4 rings (SSSR count). The Morgan fingerprint density at radius 2 is 2.24 bits per heavy atom. The van der Waals surface area contributed by atoms with E-state index in [4.69, 9.17) is 4.42 Å². The smallest absolute Gasteiger partial charge is 0.408 e. The first-order valence-electron chi connectivity index (χ1n) is 6.27. The van der Waals surface area contributed by atoms with E-state index in [9.17, 15) is 4.79 Å². The van der Waals surface area contributed by atoms with E-state index in [0.717, 1.165) is 22.6 Å². The molecule has 0 amide bonds. The zero-order valence-electron chi connectivity index (χ0n) is 11.1. The Bertz CT molecular complexity index is 978. The minimum Gasteiger partial charge on any atom is -0.408 e. The molecule has 0 spiro atoms. The summed E-state index contributed by atoms with van der Waals surface area (Å²) < 4.78 is 12.8. The number of rotatable bonds is 2. The number of hydrogen-bond acceptors (Lipinski definition) is 5. The Morgan fingerprint density at radius 1 is 1.33 bits per heavy atom. The Kier molecular flexibility index (Phi) is 2.55. The van der Waals surface area contributed by atoms with Gasteiger partial charge in [-0.3, -0.25) is 9.13 Å². The minimum absolute atomic E-state index is 0.366. The van der Waals surface area contributed by atoms with E-state index in [2.05, 4.69) is 9.36 Å². The first-order valence-corrected chi connectivity index (χ1v) is 7.11. The topological polar surface area (TPSA) is 65.8 Å². The van der Waals surface area contributed by atoms with Crippen molar-refractivity contribution in [3.05, 3.63) is 52.7 Å². The second kappa shape index (κ2) is 4.42. The molecule has 0 saturated heterocycles. The van der Waals surface area contributed by atoms with Crippen LogP contribution in [-0.2, 0) is 7.05 Å². The van der Waals surface area contributed by atoms with Crippen molar-refractivity contribution >= 4 is 22.6 Å². The molecule has 0 bridgehead atoms. The van der Waals surface area contributed by atoms with Crippen LogP contribution in [0.5, 0.6) is 0 Å². The van der Waals surface area contributed by atoms with Crippen LogP contribution in [0.4, 0.5) is 0 Å². The maximum Gasteiger partial charge on any atom is 0.419 e. The zero-order chi connectivity index (χ0) is 14.4. The quantitative estimate of drug-likeness (QED) is 0.570. The Balaban J connectivity index is 1.92. The summed E-state index contributed by atoms with van der Waals surface area (Å²) in [4.78, 5) is 15.9. The van der Waals surface area contributed by atoms with Crippen LogP contribution in [0.1, 0.15) is 0 Å². The van der Waals surface area contributed by atoms with Crippen molar-refractivity contribution in [1.29, 1.82) is 0 Å². The molecule has 104 valence electrons. The molecule has 1 aromatic carbocycles. The van der Waals surface area contributed by atoms with Crippen molar-refractivity contribution in [2.45, 2.75) is 0 Å². The van der Waals surface area contributed by atoms with E-state index in [0.29, 0.717) is 5.58 Å². The van der Waals surface area contributed by atoms with Crippen molar-refractivity contribution in [3.63, 3.8) is 0 Å². The fourth-order valence-corrected chi connectivity index (χ4v) is 2.83. The van der Waals surface area contributed by atoms with Crippen LogP contribution in [0.15, 0.2) is 51.4 Å². The number of nitrogens with zero attached hydrogens (tertiary/aromatic N) is 4. The first kappa shape index (κ1) is 12.1. The van der Waals surface area contributed by atoms with Gasteiger partial charge in [0.1, 0.15) is 5.82 Å². The van der Waals surface area contributed by atoms with Gasteiger partial charge in [-0.1, -0.05) is 0 Å². The summed E-state index contributed by atoms with van der Waals surface area (Å²) in [6.45, 7) is 0. The lowest BCUT2D eigenvalue weighted by atomic mass is 10.2. The summed E-state index contributed by atoms with van der Waals surface area (Å²) in [5.41, 5.74) is 3.17. The van der Waals surface area contributed by atoms with Gasteiger partial charge < -0.3 is 4.42 Å². The molecule has 21 heavy (non-hydrogen) atoms. The predicted octanol–water partition coefficient (Wildman–Crippen LogP) is 2.44. The van der Waals surface area contributed by atoms with Crippen LogP contribution in [0.3, 0.4) is 0 Å². The number of hydrogen-bond donors (Lipinski definition) is 0. The molecule has 0 N–H and O–H groups in total. The van der Waals surface area contributed by atoms with Crippen molar-refractivity contribution in [1.82, 2.24) is 18.5 Å². The second-order valence-corrected chi connectivity index (χ2v) is 5.27. The fourth-order valence-electron chi connectivity index (χ4n) is 2.31. The molecular formula is C14H10N4O2S. The van der Waals surface area contributed by atoms with Gasteiger partial charge in [0.15, 0.2) is 5.58 Å². The van der Waals surface area contributed by atoms with Gasteiger partial charge in [0.05, 0.1) is 17.4 Å². The van der Waals surface area contributed by atoms with Gasteiger partial charge in [0.2, 0.25) is 0 Å². The highest BCUT2D eigenvalue weighted by Crippen LogP contribution is 2.24. The van der Waals surface area contributed by atoms with E-state index in [1.165, 1.54) is 16.1 Å². The molecule has 3 heterocycles. The molecule has 0 unspecified atom stereocenters. The summed E-state index contributed by atoms with van der Waals surface area (Å²) in [7, 11) is 1.69. The van der Waals surface area contributed by atoms with Crippen LogP contribution >= 0.6 is 11.5 Å². The van der Waals surface area contributed by atoms with E-state index in [1.807, 2.05) is 34.3 Å². The number of fused-ring (bicyclic) bond motifs is 1. The molecule has 0 aliphatic rings. The van der Waals surface area contributed by atoms with Crippen molar-refractivity contribution in [3.8, 4) is 17.1 Å². The van der Waals surface area contributed by atoms with Crippen molar-refractivity contribution < 1.29 is 4.42 Å².